The largest absolute Gasteiger partial charge is 0.465 e. The van der Waals surface area contributed by atoms with Gasteiger partial charge in [0.15, 0.2) is 0 Å². The lowest BCUT2D eigenvalue weighted by molar-refractivity contribution is 0.174. The summed E-state index contributed by atoms with van der Waals surface area (Å²) in [7, 11) is 2.01. The number of hydrogen-bond acceptors (Lipinski definition) is 2. The number of piperidine rings is 1. The van der Waals surface area contributed by atoms with Gasteiger partial charge in [0.05, 0.1) is 0 Å². The first-order valence-electron chi connectivity index (χ1n) is 3.86. The van der Waals surface area contributed by atoms with E-state index in [9.17, 15) is 4.79 Å². The molecule has 0 bridgehead atoms. The SMILES string of the molecule is CN1CCCC(NC(=O)O)C1. The van der Waals surface area contributed by atoms with Gasteiger partial charge in [0.25, 0.3) is 0 Å². The van der Waals surface area contributed by atoms with Crippen molar-refractivity contribution >= 4 is 6.09 Å². The Balaban J connectivity index is 2.28. The summed E-state index contributed by atoms with van der Waals surface area (Å²) in [6.07, 6.45) is 1.14. The van der Waals surface area contributed by atoms with Gasteiger partial charge in [0.1, 0.15) is 0 Å². The molecule has 1 fully saturated rings. The Hall–Kier alpha value is -0.770. The van der Waals surface area contributed by atoms with E-state index in [1.807, 2.05) is 7.05 Å². The summed E-state index contributed by atoms with van der Waals surface area (Å²) < 4.78 is 0. The molecule has 4 heteroatoms. The van der Waals surface area contributed by atoms with Crippen LogP contribution in [0.4, 0.5) is 4.79 Å². The van der Waals surface area contributed by atoms with E-state index in [1.54, 1.807) is 0 Å². The number of nitrogens with zero attached hydrogens (tertiary/aromatic N) is 1. The van der Waals surface area contributed by atoms with Gasteiger partial charge in [-0.15, -0.1) is 0 Å². The molecule has 0 aromatic heterocycles. The van der Waals surface area contributed by atoms with Crippen LogP contribution >= 0.6 is 0 Å². The lowest BCUT2D eigenvalue weighted by atomic mass is 10.1. The number of hydrogen-bond donors (Lipinski definition) is 2. The summed E-state index contributed by atoms with van der Waals surface area (Å²) in [5, 5.41) is 10.9. The van der Waals surface area contributed by atoms with Gasteiger partial charge in [-0.2, -0.15) is 0 Å². The number of likely N-dealkylation sites (N-methyl/N-ethyl adjacent to an activating group) is 1. The Labute approximate surface area is 66.2 Å². The van der Waals surface area contributed by atoms with Crippen molar-refractivity contribution in [1.82, 2.24) is 10.2 Å². The van der Waals surface area contributed by atoms with E-state index < -0.39 is 6.09 Å². The van der Waals surface area contributed by atoms with E-state index >= 15 is 0 Å². The standard InChI is InChI=1S/C7H14N2O2/c1-9-4-2-3-6(5-9)8-7(10)11/h6,8H,2-5H2,1H3,(H,10,11). The van der Waals surface area contributed by atoms with Gasteiger partial charge in [-0.25, -0.2) is 4.79 Å². The predicted octanol–water partition coefficient (Wildman–Crippen LogP) is 0.348. The molecule has 1 heterocycles. The minimum atomic E-state index is -0.912. The summed E-state index contributed by atoms with van der Waals surface area (Å²) in [6, 6.07) is 0.131. The molecule has 0 aromatic carbocycles. The Morgan fingerprint density at radius 2 is 2.45 bits per heavy atom. The van der Waals surface area contributed by atoms with Crippen molar-refractivity contribution in [1.29, 1.82) is 0 Å². The fourth-order valence-electron chi connectivity index (χ4n) is 1.46. The Morgan fingerprint density at radius 3 is 3.00 bits per heavy atom. The smallest absolute Gasteiger partial charge is 0.404 e. The highest BCUT2D eigenvalue weighted by Crippen LogP contribution is 2.07. The first-order valence-corrected chi connectivity index (χ1v) is 3.86. The van der Waals surface area contributed by atoms with Crippen molar-refractivity contribution in [2.75, 3.05) is 20.1 Å². The maximum Gasteiger partial charge on any atom is 0.404 e. The van der Waals surface area contributed by atoms with Crippen LogP contribution in [0.15, 0.2) is 0 Å². The van der Waals surface area contributed by atoms with Crippen LogP contribution < -0.4 is 5.32 Å². The Morgan fingerprint density at radius 1 is 1.73 bits per heavy atom. The molecule has 1 amide bonds. The molecule has 64 valence electrons. The normalized spacial score (nSPS) is 26.5. The summed E-state index contributed by atoms with van der Waals surface area (Å²) in [5.74, 6) is 0. The molecule has 1 saturated heterocycles. The Bertz CT molecular complexity index is 149. The van der Waals surface area contributed by atoms with Crippen molar-refractivity contribution in [2.24, 2.45) is 0 Å². The Kier molecular flexibility index (Phi) is 2.70. The first kappa shape index (κ1) is 8.33. The minimum absolute atomic E-state index is 0.131. The molecule has 0 aromatic rings. The second kappa shape index (κ2) is 3.57. The van der Waals surface area contributed by atoms with Crippen molar-refractivity contribution in [3.8, 4) is 0 Å². The fraction of sp³-hybridized carbons (Fsp3) is 0.857. The second-order valence-corrected chi connectivity index (χ2v) is 3.05. The fourth-order valence-corrected chi connectivity index (χ4v) is 1.46. The van der Waals surface area contributed by atoms with Crippen LogP contribution in [0, 0.1) is 0 Å². The number of carbonyl (C=O) groups is 1. The maximum atomic E-state index is 10.2. The lowest BCUT2D eigenvalue weighted by Crippen LogP contribution is -2.45. The van der Waals surface area contributed by atoms with Gasteiger partial charge in [-0.1, -0.05) is 0 Å². The average molecular weight is 158 g/mol. The quantitative estimate of drug-likeness (QED) is 0.579. The van der Waals surface area contributed by atoms with E-state index in [-0.39, 0.29) is 6.04 Å². The number of likely N-dealkylation sites (tertiary alicyclic amines) is 1. The zero-order valence-electron chi connectivity index (χ0n) is 6.71. The minimum Gasteiger partial charge on any atom is -0.465 e. The van der Waals surface area contributed by atoms with Crippen molar-refractivity contribution in [3.63, 3.8) is 0 Å². The van der Waals surface area contributed by atoms with Gasteiger partial charge in [-0.05, 0) is 26.4 Å². The molecule has 11 heavy (non-hydrogen) atoms. The highest BCUT2D eigenvalue weighted by Gasteiger charge is 2.17. The van der Waals surface area contributed by atoms with Crippen LogP contribution in [0.2, 0.25) is 0 Å². The third-order valence-electron chi connectivity index (χ3n) is 1.95. The summed E-state index contributed by atoms with van der Waals surface area (Å²) >= 11 is 0. The van der Waals surface area contributed by atoms with Crippen LogP contribution in [-0.4, -0.2) is 42.3 Å². The van der Waals surface area contributed by atoms with Crippen molar-refractivity contribution in [2.45, 2.75) is 18.9 Å². The third kappa shape index (κ3) is 2.76. The van der Waals surface area contributed by atoms with Crippen LogP contribution in [0.25, 0.3) is 0 Å². The van der Waals surface area contributed by atoms with Crippen molar-refractivity contribution < 1.29 is 9.90 Å². The highest BCUT2D eigenvalue weighted by atomic mass is 16.4. The molecule has 0 aliphatic carbocycles. The zero-order valence-corrected chi connectivity index (χ0v) is 6.71. The topological polar surface area (TPSA) is 52.6 Å². The number of rotatable bonds is 1. The zero-order chi connectivity index (χ0) is 8.27. The average Bonchev–Trinajstić information content (AvgIpc) is 1.85. The molecule has 1 rings (SSSR count). The first-order chi connectivity index (χ1) is 5.18. The summed E-state index contributed by atoms with van der Waals surface area (Å²) in [6.45, 7) is 1.92. The molecule has 1 unspecified atom stereocenters. The molecule has 0 saturated carbocycles. The van der Waals surface area contributed by atoms with Gasteiger partial charge in [0, 0.05) is 12.6 Å². The van der Waals surface area contributed by atoms with Gasteiger partial charge in [-0.3, -0.25) is 0 Å². The van der Waals surface area contributed by atoms with E-state index in [4.69, 9.17) is 5.11 Å². The molecular formula is C7H14N2O2. The number of nitrogens with one attached hydrogen (secondary N) is 1. The van der Waals surface area contributed by atoms with Crippen LogP contribution in [0.5, 0.6) is 0 Å². The maximum absolute atomic E-state index is 10.2. The molecule has 0 spiro atoms. The predicted molar refractivity (Wildman–Crippen MR) is 41.7 cm³/mol. The summed E-state index contributed by atoms with van der Waals surface area (Å²) in [4.78, 5) is 12.4. The van der Waals surface area contributed by atoms with Crippen LogP contribution in [0.1, 0.15) is 12.8 Å². The number of carboxylic acid groups (broad SMARTS) is 1. The van der Waals surface area contributed by atoms with Crippen LogP contribution in [-0.2, 0) is 0 Å². The van der Waals surface area contributed by atoms with E-state index in [1.165, 1.54) is 0 Å². The molecule has 1 aliphatic heterocycles. The molecule has 2 N–H and O–H groups in total. The molecule has 1 aliphatic rings. The van der Waals surface area contributed by atoms with Gasteiger partial charge >= 0.3 is 6.09 Å². The third-order valence-corrected chi connectivity index (χ3v) is 1.95. The van der Waals surface area contributed by atoms with Crippen LogP contribution in [0.3, 0.4) is 0 Å². The second-order valence-electron chi connectivity index (χ2n) is 3.05. The molecule has 1 atom stereocenters. The number of amides is 1. The van der Waals surface area contributed by atoms with Gasteiger partial charge < -0.3 is 15.3 Å². The van der Waals surface area contributed by atoms with E-state index in [0.717, 1.165) is 25.9 Å². The highest BCUT2D eigenvalue weighted by molar-refractivity contribution is 5.64. The molecular weight excluding hydrogens is 144 g/mol. The molecule has 4 nitrogen and oxygen atoms in total. The van der Waals surface area contributed by atoms with E-state index in [2.05, 4.69) is 10.2 Å². The lowest BCUT2D eigenvalue weighted by Gasteiger charge is -2.29. The van der Waals surface area contributed by atoms with Gasteiger partial charge in [0.2, 0.25) is 0 Å². The molecule has 0 radical (unpaired) electrons. The van der Waals surface area contributed by atoms with E-state index in [0.29, 0.717) is 0 Å². The summed E-state index contributed by atoms with van der Waals surface area (Å²) in [5.41, 5.74) is 0. The monoisotopic (exact) mass is 158 g/mol. The van der Waals surface area contributed by atoms with Crippen molar-refractivity contribution in [3.05, 3.63) is 0 Å².